The third kappa shape index (κ3) is 5.76. The van der Waals surface area contributed by atoms with Gasteiger partial charge in [0.15, 0.2) is 0 Å². The molecule has 0 unspecified atom stereocenters. The number of benzene rings is 1. The molecule has 1 saturated carbocycles. The zero-order chi connectivity index (χ0) is 13.5. The van der Waals surface area contributed by atoms with Gasteiger partial charge in [0.25, 0.3) is 0 Å². The number of hydrogen-bond donors (Lipinski definition) is 2. The minimum absolute atomic E-state index is 0.0490. The maximum Gasteiger partial charge on any atom is 0.126 e. The predicted octanol–water partition coefficient (Wildman–Crippen LogP) is 4.23. The molecule has 0 bridgehead atoms. The lowest BCUT2D eigenvalue weighted by atomic mass is 10.0. The first-order chi connectivity index (χ1) is 9.29. The van der Waals surface area contributed by atoms with Crippen LogP contribution in [0.25, 0.3) is 0 Å². The topological polar surface area (TPSA) is 12.0 Å². The van der Waals surface area contributed by atoms with Crippen molar-refractivity contribution < 1.29 is 4.39 Å². The summed E-state index contributed by atoms with van der Waals surface area (Å²) in [7, 11) is 0. The molecule has 1 fully saturated rings. The van der Waals surface area contributed by atoms with Crippen molar-refractivity contribution in [3.8, 4) is 0 Å². The van der Waals surface area contributed by atoms with Crippen LogP contribution >= 0.6 is 24.6 Å². The highest BCUT2D eigenvalue weighted by atomic mass is 32.2. The van der Waals surface area contributed by atoms with Crippen molar-refractivity contribution in [1.82, 2.24) is 4.72 Å². The highest BCUT2D eigenvalue weighted by molar-refractivity contribution is 7.97. The first-order valence-corrected chi connectivity index (χ1v) is 8.64. The predicted molar refractivity (Wildman–Crippen MR) is 85.2 cm³/mol. The molecule has 1 aromatic rings. The molecular formula is C15H22FNS2. The Hall–Kier alpha value is -0.190. The smallest absolute Gasteiger partial charge is 0.126 e. The van der Waals surface area contributed by atoms with Crippen molar-refractivity contribution >= 4 is 24.6 Å². The molecule has 2 rings (SSSR count). The monoisotopic (exact) mass is 299 g/mol. The van der Waals surface area contributed by atoms with Crippen LogP contribution in [-0.4, -0.2) is 11.5 Å². The van der Waals surface area contributed by atoms with Gasteiger partial charge in [0.1, 0.15) is 5.82 Å². The van der Waals surface area contributed by atoms with Gasteiger partial charge in [-0.3, -0.25) is 4.72 Å². The molecule has 0 aromatic heterocycles. The molecule has 4 heteroatoms. The zero-order valence-corrected chi connectivity index (χ0v) is 12.9. The van der Waals surface area contributed by atoms with Gasteiger partial charge in [-0.25, -0.2) is 4.39 Å². The second-order valence-corrected chi connectivity index (χ2v) is 6.59. The molecule has 0 saturated heterocycles. The van der Waals surface area contributed by atoms with Gasteiger partial charge in [-0.05, 0) is 48.1 Å². The van der Waals surface area contributed by atoms with Gasteiger partial charge in [-0.2, -0.15) is 12.6 Å². The van der Waals surface area contributed by atoms with E-state index in [0.717, 1.165) is 48.8 Å². The van der Waals surface area contributed by atoms with Crippen LogP contribution in [0, 0.1) is 11.7 Å². The van der Waals surface area contributed by atoms with E-state index in [9.17, 15) is 4.39 Å². The molecule has 19 heavy (non-hydrogen) atoms. The summed E-state index contributed by atoms with van der Waals surface area (Å²) < 4.78 is 17.0. The van der Waals surface area contributed by atoms with Crippen LogP contribution < -0.4 is 4.72 Å². The fourth-order valence-corrected chi connectivity index (χ4v) is 3.11. The van der Waals surface area contributed by atoms with E-state index < -0.39 is 0 Å². The van der Waals surface area contributed by atoms with Crippen molar-refractivity contribution in [3.63, 3.8) is 0 Å². The lowest BCUT2D eigenvalue weighted by Crippen LogP contribution is -2.05. The Morgan fingerprint density at radius 1 is 1.37 bits per heavy atom. The van der Waals surface area contributed by atoms with Crippen molar-refractivity contribution in [1.29, 1.82) is 0 Å². The second kappa shape index (κ2) is 8.18. The van der Waals surface area contributed by atoms with E-state index >= 15 is 0 Å². The molecule has 1 aromatic carbocycles. The summed E-state index contributed by atoms with van der Waals surface area (Å²) in [5.74, 6) is 2.81. The van der Waals surface area contributed by atoms with Gasteiger partial charge in [0.2, 0.25) is 0 Å². The van der Waals surface area contributed by atoms with Gasteiger partial charge >= 0.3 is 0 Å². The van der Waals surface area contributed by atoms with E-state index in [2.05, 4.69) is 17.4 Å². The Morgan fingerprint density at radius 3 is 2.95 bits per heavy atom. The van der Waals surface area contributed by atoms with E-state index in [1.807, 2.05) is 12.1 Å². The van der Waals surface area contributed by atoms with Gasteiger partial charge in [0.05, 0.1) is 0 Å². The second-order valence-electron chi connectivity index (χ2n) is 5.15. The van der Waals surface area contributed by atoms with Crippen LogP contribution in [0.5, 0.6) is 0 Å². The molecular weight excluding hydrogens is 277 g/mol. The van der Waals surface area contributed by atoms with Gasteiger partial charge in [-0.1, -0.05) is 36.9 Å². The summed E-state index contributed by atoms with van der Waals surface area (Å²) in [5.41, 5.74) is 2.05. The number of nitrogens with one attached hydrogen (secondary N) is 1. The summed E-state index contributed by atoms with van der Waals surface area (Å²) in [6.45, 7) is 0.800. The molecule has 0 radical (unpaired) electrons. The quantitative estimate of drug-likeness (QED) is 0.402. The number of rotatable bonds is 9. The molecule has 1 aliphatic rings. The van der Waals surface area contributed by atoms with Crippen molar-refractivity contribution in [2.24, 2.45) is 5.92 Å². The van der Waals surface area contributed by atoms with Crippen molar-refractivity contribution in [2.75, 3.05) is 11.5 Å². The Balaban J connectivity index is 1.77. The normalized spacial score (nSPS) is 14.8. The Morgan fingerprint density at radius 2 is 2.21 bits per heavy atom. The largest absolute Gasteiger partial charge is 0.260 e. The van der Waals surface area contributed by atoms with Crippen LogP contribution in [-0.2, 0) is 13.0 Å². The lowest BCUT2D eigenvalue weighted by Gasteiger charge is -2.08. The standard InChI is InChI=1S/C15H22FNS2/c16-15-7-5-13(11-17-19-9-1-8-18)10-14(15)6-4-12-2-3-12/h5,7,10,12,17-18H,1-4,6,8-9,11H2. The van der Waals surface area contributed by atoms with Gasteiger partial charge in [-0.15, -0.1) is 0 Å². The van der Waals surface area contributed by atoms with Crippen LogP contribution in [0.1, 0.15) is 36.8 Å². The minimum atomic E-state index is -0.0490. The van der Waals surface area contributed by atoms with Crippen LogP contribution in [0.3, 0.4) is 0 Å². The molecule has 0 spiro atoms. The first kappa shape index (κ1) is 15.2. The molecule has 1 aliphatic carbocycles. The van der Waals surface area contributed by atoms with Crippen LogP contribution in [0.4, 0.5) is 4.39 Å². The van der Waals surface area contributed by atoms with E-state index in [4.69, 9.17) is 0 Å². The summed E-state index contributed by atoms with van der Waals surface area (Å²) in [6, 6.07) is 5.50. The summed E-state index contributed by atoms with van der Waals surface area (Å²) >= 11 is 5.90. The Labute approximate surface area is 125 Å². The molecule has 1 N–H and O–H groups in total. The summed E-state index contributed by atoms with van der Waals surface area (Å²) in [6.07, 6.45) is 5.81. The minimum Gasteiger partial charge on any atom is -0.260 e. The number of halogens is 1. The fourth-order valence-electron chi connectivity index (χ4n) is 2.04. The summed E-state index contributed by atoms with van der Waals surface area (Å²) in [4.78, 5) is 0. The molecule has 0 atom stereocenters. The average molecular weight is 299 g/mol. The maximum absolute atomic E-state index is 13.7. The SMILES string of the molecule is Fc1ccc(CNSCCCS)cc1CCC1CC1. The van der Waals surface area contributed by atoms with Crippen molar-refractivity contribution in [2.45, 2.75) is 38.6 Å². The molecule has 106 valence electrons. The number of aryl methyl sites for hydroxylation is 1. The lowest BCUT2D eigenvalue weighted by molar-refractivity contribution is 0.596. The highest BCUT2D eigenvalue weighted by Gasteiger charge is 2.21. The van der Waals surface area contributed by atoms with Crippen LogP contribution in [0.15, 0.2) is 18.2 Å². The van der Waals surface area contributed by atoms with Gasteiger partial charge < -0.3 is 0 Å². The molecule has 0 heterocycles. The van der Waals surface area contributed by atoms with E-state index in [-0.39, 0.29) is 5.82 Å². The van der Waals surface area contributed by atoms with E-state index in [1.54, 1.807) is 18.0 Å². The number of thiol groups is 1. The first-order valence-electron chi connectivity index (χ1n) is 7.02. The van der Waals surface area contributed by atoms with Crippen molar-refractivity contribution in [3.05, 3.63) is 35.1 Å². The zero-order valence-electron chi connectivity index (χ0n) is 11.2. The Kier molecular flexibility index (Phi) is 6.54. The highest BCUT2D eigenvalue weighted by Crippen LogP contribution is 2.33. The van der Waals surface area contributed by atoms with Gasteiger partial charge in [0, 0.05) is 12.3 Å². The third-order valence-electron chi connectivity index (χ3n) is 3.41. The Bertz CT molecular complexity index is 394. The molecule has 0 aliphatic heterocycles. The van der Waals surface area contributed by atoms with E-state index in [0.29, 0.717) is 0 Å². The molecule has 1 nitrogen and oxygen atoms in total. The third-order valence-corrected chi connectivity index (χ3v) is 4.57. The van der Waals surface area contributed by atoms with E-state index in [1.165, 1.54) is 18.4 Å². The molecule has 0 amide bonds. The summed E-state index contributed by atoms with van der Waals surface area (Å²) in [5, 5.41) is 0. The maximum atomic E-state index is 13.7. The van der Waals surface area contributed by atoms with Crippen LogP contribution in [0.2, 0.25) is 0 Å². The fraction of sp³-hybridized carbons (Fsp3) is 0.600. The average Bonchev–Trinajstić information content (AvgIpc) is 3.23. The number of hydrogen-bond acceptors (Lipinski definition) is 3.